The highest BCUT2D eigenvalue weighted by Crippen LogP contribution is 2.24. The number of para-hydroxylation sites is 2. The van der Waals surface area contributed by atoms with E-state index in [1.807, 2.05) is 42.6 Å². The van der Waals surface area contributed by atoms with E-state index in [1.54, 1.807) is 6.07 Å². The molecule has 2 N–H and O–H groups in total. The van der Waals surface area contributed by atoms with Crippen molar-refractivity contribution < 1.29 is 9.21 Å². The van der Waals surface area contributed by atoms with Crippen molar-refractivity contribution in [1.82, 2.24) is 19.9 Å². The molecule has 2 aromatic carbocycles. The number of rotatable bonds is 5. The van der Waals surface area contributed by atoms with Crippen LogP contribution >= 0.6 is 0 Å². The van der Waals surface area contributed by atoms with E-state index in [0.717, 1.165) is 21.9 Å². The molecule has 0 saturated heterocycles. The number of amides is 1. The molecule has 0 atom stereocenters. The standard InChI is InChI=1S/C22H18N4O3/c27-19(23-10-9-14-11-24-17-7-3-1-5-15(14)17)12-26-13-25-20-16-6-2-4-8-18(16)29-21(20)22(26)28/h1-8,11,13,24H,9-10,12H2,(H,23,27). The molecule has 0 aliphatic rings. The lowest BCUT2D eigenvalue weighted by Crippen LogP contribution is -2.33. The van der Waals surface area contributed by atoms with Crippen molar-refractivity contribution in [2.24, 2.45) is 0 Å². The molecular formula is C22H18N4O3. The summed E-state index contributed by atoms with van der Waals surface area (Å²) in [4.78, 5) is 32.6. The van der Waals surface area contributed by atoms with Crippen LogP contribution in [-0.2, 0) is 17.8 Å². The Bertz CT molecular complexity index is 1410. The van der Waals surface area contributed by atoms with E-state index in [9.17, 15) is 9.59 Å². The van der Waals surface area contributed by atoms with Crippen LogP contribution in [0.25, 0.3) is 33.0 Å². The van der Waals surface area contributed by atoms with E-state index >= 15 is 0 Å². The van der Waals surface area contributed by atoms with Gasteiger partial charge in [0.25, 0.3) is 5.56 Å². The van der Waals surface area contributed by atoms with Gasteiger partial charge >= 0.3 is 0 Å². The molecule has 29 heavy (non-hydrogen) atoms. The lowest BCUT2D eigenvalue weighted by molar-refractivity contribution is -0.121. The van der Waals surface area contributed by atoms with Crippen molar-refractivity contribution in [3.8, 4) is 0 Å². The van der Waals surface area contributed by atoms with Gasteiger partial charge in [0.15, 0.2) is 0 Å². The Morgan fingerprint density at radius 1 is 1.10 bits per heavy atom. The first-order chi connectivity index (χ1) is 14.2. The van der Waals surface area contributed by atoms with Gasteiger partial charge in [-0.05, 0) is 30.2 Å². The number of aromatic nitrogens is 3. The van der Waals surface area contributed by atoms with E-state index in [2.05, 4.69) is 21.4 Å². The number of hydrogen-bond acceptors (Lipinski definition) is 4. The highest BCUT2D eigenvalue weighted by Gasteiger charge is 2.14. The zero-order chi connectivity index (χ0) is 19.8. The van der Waals surface area contributed by atoms with Crippen LogP contribution < -0.4 is 10.9 Å². The summed E-state index contributed by atoms with van der Waals surface area (Å²) in [5.74, 6) is -0.246. The Morgan fingerprint density at radius 3 is 2.79 bits per heavy atom. The summed E-state index contributed by atoms with van der Waals surface area (Å²) in [5, 5.41) is 4.80. The minimum Gasteiger partial charge on any atom is -0.448 e. The van der Waals surface area contributed by atoms with Gasteiger partial charge < -0.3 is 14.7 Å². The van der Waals surface area contributed by atoms with Crippen LogP contribution in [0.15, 0.2) is 70.3 Å². The molecule has 7 nitrogen and oxygen atoms in total. The first-order valence-corrected chi connectivity index (χ1v) is 9.39. The SMILES string of the molecule is O=C(Cn1cnc2c(oc3ccccc32)c1=O)NCCc1c[nH]c2ccccc12. The minimum absolute atomic E-state index is 0.104. The Kier molecular flexibility index (Phi) is 4.13. The van der Waals surface area contributed by atoms with Crippen molar-refractivity contribution in [3.63, 3.8) is 0 Å². The number of nitrogens with zero attached hydrogens (tertiary/aromatic N) is 2. The summed E-state index contributed by atoms with van der Waals surface area (Å²) in [6, 6.07) is 15.4. The molecule has 7 heteroatoms. The van der Waals surface area contributed by atoms with Crippen LogP contribution in [0.1, 0.15) is 5.56 Å². The third-order valence-electron chi connectivity index (χ3n) is 5.06. The van der Waals surface area contributed by atoms with Gasteiger partial charge in [-0.15, -0.1) is 0 Å². The van der Waals surface area contributed by atoms with Gasteiger partial charge in [0.05, 0.1) is 6.33 Å². The Labute approximate surface area is 165 Å². The average Bonchev–Trinajstić information content (AvgIpc) is 3.32. The van der Waals surface area contributed by atoms with Gasteiger partial charge in [0.1, 0.15) is 17.6 Å². The van der Waals surface area contributed by atoms with Crippen LogP contribution in [0, 0.1) is 0 Å². The second kappa shape index (κ2) is 6.94. The van der Waals surface area contributed by atoms with Crippen molar-refractivity contribution >= 4 is 38.9 Å². The number of furan rings is 1. The summed E-state index contributed by atoms with van der Waals surface area (Å²) in [7, 11) is 0. The number of aromatic amines is 1. The fourth-order valence-corrected chi connectivity index (χ4v) is 3.61. The van der Waals surface area contributed by atoms with Gasteiger partial charge in [0.2, 0.25) is 11.5 Å². The molecule has 0 spiro atoms. The largest absolute Gasteiger partial charge is 0.448 e. The summed E-state index contributed by atoms with van der Waals surface area (Å²) in [6.07, 6.45) is 4.05. The molecule has 0 fully saturated rings. The second-order valence-electron chi connectivity index (χ2n) is 6.91. The predicted molar refractivity (Wildman–Crippen MR) is 111 cm³/mol. The monoisotopic (exact) mass is 386 g/mol. The number of carbonyl (C=O) groups is 1. The lowest BCUT2D eigenvalue weighted by atomic mass is 10.1. The number of fused-ring (bicyclic) bond motifs is 4. The van der Waals surface area contributed by atoms with Crippen molar-refractivity contribution in [1.29, 1.82) is 0 Å². The number of H-pyrrole nitrogens is 1. The van der Waals surface area contributed by atoms with Crippen molar-refractivity contribution in [2.75, 3.05) is 6.54 Å². The van der Waals surface area contributed by atoms with Gasteiger partial charge in [-0.1, -0.05) is 30.3 Å². The summed E-state index contributed by atoms with van der Waals surface area (Å²) >= 11 is 0. The van der Waals surface area contributed by atoms with Gasteiger partial charge in [-0.3, -0.25) is 14.2 Å². The molecule has 0 aliphatic carbocycles. The molecule has 5 rings (SSSR count). The molecule has 0 unspecified atom stereocenters. The van der Waals surface area contributed by atoms with Crippen LogP contribution in [0.4, 0.5) is 0 Å². The average molecular weight is 386 g/mol. The summed E-state index contributed by atoms with van der Waals surface area (Å²) in [5.41, 5.74) is 3.14. The topological polar surface area (TPSA) is 92.9 Å². The van der Waals surface area contributed by atoms with Gasteiger partial charge in [0, 0.05) is 29.0 Å². The Balaban J connectivity index is 1.29. The highest BCUT2D eigenvalue weighted by molar-refractivity contribution is 6.01. The molecule has 5 aromatic rings. The quantitative estimate of drug-likeness (QED) is 0.486. The van der Waals surface area contributed by atoms with E-state index in [1.165, 1.54) is 10.9 Å². The number of carbonyl (C=O) groups excluding carboxylic acids is 1. The third-order valence-corrected chi connectivity index (χ3v) is 5.06. The maximum Gasteiger partial charge on any atom is 0.297 e. The number of nitrogens with one attached hydrogen (secondary N) is 2. The Hall–Kier alpha value is -3.87. The molecule has 0 bridgehead atoms. The number of benzene rings is 2. The van der Waals surface area contributed by atoms with Crippen molar-refractivity contribution in [3.05, 3.63) is 77.0 Å². The molecule has 0 aliphatic heterocycles. The smallest absolute Gasteiger partial charge is 0.297 e. The first kappa shape index (κ1) is 17.2. The molecule has 0 radical (unpaired) electrons. The molecule has 1 amide bonds. The van der Waals surface area contributed by atoms with Gasteiger partial charge in [-0.2, -0.15) is 0 Å². The third kappa shape index (κ3) is 3.06. The molecule has 0 saturated carbocycles. The van der Waals surface area contributed by atoms with Crippen LogP contribution in [0.5, 0.6) is 0 Å². The molecule has 144 valence electrons. The fourth-order valence-electron chi connectivity index (χ4n) is 3.61. The zero-order valence-electron chi connectivity index (χ0n) is 15.5. The number of hydrogen-bond donors (Lipinski definition) is 2. The predicted octanol–water partition coefficient (Wildman–Crippen LogP) is 2.98. The van der Waals surface area contributed by atoms with Crippen molar-refractivity contribution in [2.45, 2.75) is 13.0 Å². The summed E-state index contributed by atoms with van der Waals surface area (Å²) in [6.45, 7) is 0.377. The molecule has 3 heterocycles. The molecular weight excluding hydrogens is 368 g/mol. The first-order valence-electron chi connectivity index (χ1n) is 9.39. The van der Waals surface area contributed by atoms with Crippen LogP contribution in [0.3, 0.4) is 0 Å². The van der Waals surface area contributed by atoms with Crippen LogP contribution in [-0.4, -0.2) is 27.0 Å². The normalized spacial score (nSPS) is 11.4. The molecule has 3 aromatic heterocycles. The zero-order valence-corrected chi connectivity index (χ0v) is 15.5. The van der Waals surface area contributed by atoms with E-state index < -0.39 is 0 Å². The van der Waals surface area contributed by atoms with E-state index in [0.29, 0.717) is 24.1 Å². The Morgan fingerprint density at radius 2 is 1.90 bits per heavy atom. The second-order valence-corrected chi connectivity index (χ2v) is 6.91. The fraction of sp³-hybridized carbons (Fsp3) is 0.136. The minimum atomic E-state index is -0.363. The maximum absolute atomic E-state index is 12.7. The van der Waals surface area contributed by atoms with Crippen LogP contribution in [0.2, 0.25) is 0 Å². The lowest BCUT2D eigenvalue weighted by Gasteiger charge is -2.06. The van der Waals surface area contributed by atoms with E-state index in [-0.39, 0.29) is 23.6 Å². The maximum atomic E-state index is 12.7. The van der Waals surface area contributed by atoms with Gasteiger partial charge in [-0.25, -0.2) is 4.98 Å². The highest BCUT2D eigenvalue weighted by atomic mass is 16.3. The van der Waals surface area contributed by atoms with E-state index in [4.69, 9.17) is 4.42 Å². The summed E-state index contributed by atoms with van der Waals surface area (Å²) < 4.78 is 6.92.